The highest BCUT2D eigenvalue weighted by molar-refractivity contribution is 5.85. The van der Waals surface area contributed by atoms with Gasteiger partial charge < -0.3 is 20.6 Å². The number of aromatic nitrogens is 1. The Bertz CT molecular complexity index is 1370. The molecule has 6 rings (SSSR count). The van der Waals surface area contributed by atoms with Crippen molar-refractivity contribution in [3.05, 3.63) is 36.0 Å². The number of para-hydroxylation sites is 1. The van der Waals surface area contributed by atoms with E-state index in [0.29, 0.717) is 41.4 Å². The molecule has 9 atom stereocenters. The number of amides is 1. The minimum absolute atomic E-state index is 0.0318. The highest BCUT2D eigenvalue weighted by Gasteiger charge is 2.60. The summed E-state index contributed by atoms with van der Waals surface area (Å²) in [6.07, 6.45) is 14.5. The van der Waals surface area contributed by atoms with E-state index in [9.17, 15) is 19.9 Å². The Morgan fingerprint density at radius 2 is 1.86 bits per heavy atom. The molecule has 0 aliphatic heterocycles. The zero-order chi connectivity index (χ0) is 30.4. The van der Waals surface area contributed by atoms with E-state index in [1.807, 2.05) is 30.5 Å². The van der Waals surface area contributed by atoms with E-state index in [1.165, 1.54) is 44.9 Å². The van der Waals surface area contributed by atoms with Gasteiger partial charge in [-0.3, -0.25) is 9.59 Å². The molecule has 0 saturated heterocycles. The van der Waals surface area contributed by atoms with Crippen LogP contribution in [-0.4, -0.2) is 38.9 Å². The van der Waals surface area contributed by atoms with Crippen LogP contribution in [0.2, 0.25) is 0 Å². The highest BCUT2D eigenvalue weighted by Crippen LogP contribution is 2.68. The topological polar surface area (TPSA) is 115 Å². The van der Waals surface area contributed by atoms with Crippen molar-refractivity contribution in [1.82, 2.24) is 10.3 Å². The molecule has 1 amide bonds. The van der Waals surface area contributed by atoms with E-state index in [0.717, 1.165) is 59.2 Å². The van der Waals surface area contributed by atoms with E-state index >= 15 is 0 Å². The Balaban J connectivity index is 1.06. The van der Waals surface area contributed by atoms with Crippen molar-refractivity contribution < 1.29 is 19.9 Å². The predicted octanol–water partition coefficient (Wildman–Crippen LogP) is 7.58. The zero-order valence-corrected chi connectivity index (χ0v) is 26.3. The molecule has 7 heteroatoms. The van der Waals surface area contributed by atoms with Crippen LogP contribution in [0.3, 0.4) is 0 Å². The van der Waals surface area contributed by atoms with Gasteiger partial charge in [0.15, 0.2) is 0 Å². The number of aliphatic carboxylic acids is 1. The lowest BCUT2D eigenvalue weighted by atomic mass is 9.44. The molecule has 1 aromatic heterocycles. The number of hydrogen-bond donors (Lipinski definition) is 4. The van der Waals surface area contributed by atoms with Gasteiger partial charge in [0, 0.05) is 29.6 Å². The number of carboxylic acids is 1. The Labute approximate surface area is 256 Å². The lowest BCUT2D eigenvalue weighted by molar-refractivity contribution is -0.137. The smallest absolute Gasteiger partial charge is 0.305 e. The normalized spacial score (nSPS) is 36.0. The summed E-state index contributed by atoms with van der Waals surface area (Å²) in [5.74, 6) is 3.20. The molecule has 4 fully saturated rings. The number of carbonyl (C=O) groups is 2. The summed E-state index contributed by atoms with van der Waals surface area (Å²) in [5.41, 5.74) is 3.78. The first-order chi connectivity index (χ1) is 20.6. The van der Waals surface area contributed by atoms with Crippen molar-refractivity contribution in [1.29, 1.82) is 0 Å². The van der Waals surface area contributed by atoms with Crippen molar-refractivity contribution in [3.63, 3.8) is 0 Å². The van der Waals surface area contributed by atoms with Crippen LogP contribution in [0.5, 0.6) is 0 Å². The molecule has 7 nitrogen and oxygen atoms in total. The van der Waals surface area contributed by atoms with Crippen LogP contribution in [-0.2, 0) is 16.0 Å². The van der Waals surface area contributed by atoms with E-state index in [4.69, 9.17) is 0 Å². The molecular formula is C36H51N3O4. The fourth-order valence-corrected chi connectivity index (χ4v) is 10.9. The average Bonchev–Trinajstić information content (AvgIpc) is 3.55. The summed E-state index contributed by atoms with van der Waals surface area (Å²) >= 11 is 0. The number of hydrogen-bond acceptors (Lipinski definition) is 4. The quantitative estimate of drug-likeness (QED) is 0.178. The number of oxime groups is 1. The highest BCUT2D eigenvalue weighted by atomic mass is 16.4. The van der Waals surface area contributed by atoms with E-state index < -0.39 is 12.0 Å². The number of aromatic amines is 1. The van der Waals surface area contributed by atoms with Crippen LogP contribution in [0.15, 0.2) is 35.6 Å². The predicted molar refractivity (Wildman–Crippen MR) is 169 cm³/mol. The largest absolute Gasteiger partial charge is 0.481 e. The van der Waals surface area contributed by atoms with Gasteiger partial charge in [0.05, 0.1) is 12.1 Å². The van der Waals surface area contributed by atoms with Gasteiger partial charge in [0.1, 0.15) is 0 Å². The molecule has 2 aromatic rings. The average molecular weight is 590 g/mol. The minimum Gasteiger partial charge on any atom is -0.481 e. The molecule has 0 spiro atoms. The Morgan fingerprint density at radius 1 is 1.07 bits per heavy atom. The molecule has 0 bridgehead atoms. The summed E-state index contributed by atoms with van der Waals surface area (Å²) in [7, 11) is 0. The fourth-order valence-electron chi connectivity index (χ4n) is 10.9. The lowest BCUT2D eigenvalue weighted by Gasteiger charge is -2.60. The maximum absolute atomic E-state index is 13.2. The van der Waals surface area contributed by atoms with Gasteiger partial charge in [-0.05, 0) is 129 Å². The fraction of sp³-hybridized carbons (Fsp3) is 0.694. The summed E-state index contributed by atoms with van der Waals surface area (Å²) in [6, 6.07) is 7.57. The van der Waals surface area contributed by atoms with Crippen molar-refractivity contribution in [2.45, 2.75) is 110 Å². The summed E-state index contributed by atoms with van der Waals surface area (Å²) in [5, 5.41) is 26.7. The van der Waals surface area contributed by atoms with E-state index in [-0.39, 0.29) is 12.3 Å². The molecule has 4 aliphatic rings. The summed E-state index contributed by atoms with van der Waals surface area (Å²) in [4.78, 5) is 28.1. The number of nitrogens with zero attached hydrogens (tertiary/aromatic N) is 1. The SMILES string of the molecule is C[C@H](CCC(=O)N[C@H](CC(=O)O)Cc1c[nH]c2ccccc12)[C@H]1CC[C@H]2[C@@H]3CC[C@@H]4C/C(=N/O)CC[C@]4(C)[C@H]3CC[C@]12C. The number of benzene rings is 1. The first-order valence-electron chi connectivity index (χ1n) is 16.9. The van der Waals surface area contributed by atoms with Crippen LogP contribution in [0, 0.1) is 46.3 Å². The molecule has 1 aromatic carbocycles. The monoisotopic (exact) mass is 589 g/mol. The van der Waals surface area contributed by atoms with Crippen molar-refractivity contribution in [2.24, 2.45) is 51.5 Å². The van der Waals surface area contributed by atoms with Crippen LogP contribution in [0.25, 0.3) is 10.9 Å². The minimum atomic E-state index is -0.892. The van der Waals surface area contributed by atoms with Crippen LogP contribution in [0.1, 0.15) is 103 Å². The number of carboxylic acid groups (broad SMARTS) is 1. The van der Waals surface area contributed by atoms with Gasteiger partial charge >= 0.3 is 5.97 Å². The van der Waals surface area contributed by atoms with Crippen LogP contribution >= 0.6 is 0 Å². The second-order valence-corrected chi connectivity index (χ2v) is 15.2. The van der Waals surface area contributed by atoms with E-state index in [2.05, 4.69) is 36.2 Å². The van der Waals surface area contributed by atoms with Gasteiger partial charge in [-0.15, -0.1) is 0 Å². The maximum Gasteiger partial charge on any atom is 0.305 e. The molecule has 0 unspecified atom stereocenters. The number of carbonyl (C=O) groups excluding carboxylic acids is 1. The third-order valence-corrected chi connectivity index (χ3v) is 13.2. The third kappa shape index (κ3) is 5.62. The zero-order valence-electron chi connectivity index (χ0n) is 26.3. The Morgan fingerprint density at radius 3 is 2.65 bits per heavy atom. The Kier molecular flexibility index (Phi) is 8.38. The molecule has 0 radical (unpaired) electrons. The molecule has 1 heterocycles. The van der Waals surface area contributed by atoms with Gasteiger partial charge in [0.2, 0.25) is 5.91 Å². The maximum atomic E-state index is 13.2. The lowest BCUT2D eigenvalue weighted by Crippen LogP contribution is -2.53. The number of nitrogens with one attached hydrogen (secondary N) is 2. The molecule has 4 aliphatic carbocycles. The first-order valence-corrected chi connectivity index (χ1v) is 16.9. The van der Waals surface area contributed by atoms with Crippen LogP contribution < -0.4 is 5.32 Å². The Hall–Kier alpha value is -2.83. The van der Waals surface area contributed by atoms with E-state index in [1.54, 1.807) is 0 Å². The molecule has 4 saturated carbocycles. The standard InChI is InChI=1S/C36H51N3O4/c1-22(8-13-33(40)38-26(20-34(41)42)18-23-21-37-32-7-5-4-6-27(23)32)29-11-12-30-28-10-9-24-19-25(39-43)14-16-35(24,2)31(28)15-17-36(29,30)3/h4-7,21-22,24,26,28-31,37,43H,8-20H2,1-3H3,(H,38,40)(H,41,42)/b39-25+/t22-,24-,26+,28+,29-,30+,31+,35+,36-/m1/s1. The molecule has 43 heavy (non-hydrogen) atoms. The number of H-pyrrole nitrogens is 1. The van der Waals surface area contributed by atoms with Crippen molar-refractivity contribution >= 4 is 28.5 Å². The molecular weight excluding hydrogens is 538 g/mol. The van der Waals surface area contributed by atoms with Gasteiger partial charge in [0.25, 0.3) is 0 Å². The van der Waals surface area contributed by atoms with Gasteiger partial charge in [-0.25, -0.2) is 0 Å². The van der Waals surface area contributed by atoms with Crippen molar-refractivity contribution in [2.75, 3.05) is 0 Å². The van der Waals surface area contributed by atoms with Gasteiger partial charge in [-0.2, -0.15) is 0 Å². The first kappa shape index (κ1) is 30.2. The molecule has 234 valence electrons. The van der Waals surface area contributed by atoms with Crippen LogP contribution in [0.4, 0.5) is 0 Å². The third-order valence-electron chi connectivity index (χ3n) is 13.2. The number of rotatable bonds is 9. The molecule has 4 N–H and O–H groups in total. The van der Waals surface area contributed by atoms with Crippen molar-refractivity contribution in [3.8, 4) is 0 Å². The second-order valence-electron chi connectivity index (χ2n) is 15.2. The second kappa shape index (κ2) is 11.9. The van der Waals surface area contributed by atoms with Gasteiger partial charge in [-0.1, -0.05) is 44.1 Å². The summed E-state index contributed by atoms with van der Waals surface area (Å²) in [6.45, 7) is 7.47. The number of fused-ring (bicyclic) bond motifs is 6. The summed E-state index contributed by atoms with van der Waals surface area (Å²) < 4.78 is 0.